The van der Waals surface area contributed by atoms with E-state index in [0.29, 0.717) is 0 Å². The molecule has 0 radical (unpaired) electrons. The highest BCUT2D eigenvalue weighted by molar-refractivity contribution is 7.11. The Labute approximate surface area is 93.4 Å². The summed E-state index contributed by atoms with van der Waals surface area (Å²) >= 11 is 1.42. The van der Waals surface area contributed by atoms with E-state index in [-0.39, 0.29) is 18.0 Å². The summed E-state index contributed by atoms with van der Waals surface area (Å²) in [7, 11) is 0. The van der Waals surface area contributed by atoms with Crippen molar-refractivity contribution in [1.82, 2.24) is 9.88 Å². The summed E-state index contributed by atoms with van der Waals surface area (Å²) in [6, 6.07) is 0.378. The lowest BCUT2D eigenvalue weighted by Crippen LogP contribution is -2.39. The van der Waals surface area contributed by atoms with Crippen molar-refractivity contribution in [2.24, 2.45) is 0 Å². The number of aromatic nitrogens is 1. The van der Waals surface area contributed by atoms with Gasteiger partial charge in [0, 0.05) is 12.1 Å². The van der Waals surface area contributed by atoms with Gasteiger partial charge in [0.25, 0.3) is 5.91 Å². The summed E-state index contributed by atoms with van der Waals surface area (Å²) in [5, 5.41) is 0. The number of hydrogen-bond donors (Lipinski definition) is 0. The summed E-state index contributed by atoms with van der Waals surface area (Å²) in [5.74, 6) is 0.0972. The summed E-state index contributed by atoms with van der Waals surface area (Å²) in [5.41, 5.74) is 2.55. The molecule has 0 saturated heterocycles. The average molecular weight is 222 g/mol. The molecule has 0 N–H and O–H groups in total. The largest absolute Gasteiger partial charge is 0.326 e. The van der Waals surface area contributed by atoms with Gasteiger partial charge in [0.05, 0.1) is 11.2 Å². The Morgan fingerprint density at radius 1 is 1.40 bits per heavy atom. The van der Waals surface area contributed by atoms with Crippen molar-refractivity contribution in [2.45, 2.75) is 32.9 Å². The zero-order valence-corrected chi connectivity index (χ0v) is 9.91. The monoisotopic (exact) mass is 222 g/mol. The predicted octanol–water partition coefficient (Wildman–Crippen LogP) is 2.24. The van der Waals surface area contributed by atoms with Crippen LogP contribution in [0.25, 0.3) is 0 Å². The molecular formula is C11H14N2OS. The van der Waals surface area contributed by atoms with Gasteiger partial charge in [-0.15, -0.1) is 11.3 Å². The second-order valence-electron chi connectivity index (χ2n) is 3.85. The van der Waals surface area contributed by atoms with Gasteiger partial charge < -0.3 is 4.90 Å². The molecule has 0 saturated carbocycles. The smallest absolute Gasteiger partial charge is 0.266 e. The highest BCUT2D eigenvalue weighted by atomic mass is 32.1. The molecule has 0 spiro atoms. The van der Waals surface area contributed by atoms with Crippen molar-refractivity contribution >= 4 is 17.2 Å². The second kappa shape index (κ2) is 3.77. The van der Waals surface area contributed by atoms with Crippen LogP contribution < -0.4 is 0 Å². The van der Waals surface area contributed by atoms with Crippen LogP contribution in [0.4, 0.5) is 0 Å². The Kier molecular flexibility index (Phi) is 2.61. The Bertz CT molecular complexity index is 398. The summed E-state index contributed by atoms with van der Waals surface area (Å²) in [4.78, 5) is 19.0. The van der Waals surface area contributed by atoms with Crippen molar-refractivity contribution in [3.63, 3.8) is 0 Å². The molecule has 2 atom stereocenters. The lowest BCUT2D eigenvalue weighted by Gasteiger charge is -2.26. The number of amides is 1. The molecule has 0 fully saturated rings. The van der Waals surface area contributed by atoms with Gasteiger partial charge in [-0.2, -0.15) is 0 Å². The average Bonchev–Trinajstić information content (AvgIpc) is 2.73. The maximum atomic E-state index is 12.2. The molecule has 2 rings (SSSR count). The van der Waals surface area contributed by atoms with E-state index in [1.807, 2.05) is 25.7 Å². The second-order valence-corrected chi connectivity index (χ2v) is 4.70. The molecule has 1 amide bonds. The van der Waals surface area contributed by atoms with Crippen LogP contribution in [0.1, 0.15) is 29.2 Å². The van der Waals surface area contributed by atoms with Crippen molar-refractivity contribution in [3.05, 3.63) is 28.2 Å². The third-order valence-corrected chi connectivity index (χ3v) is 3.64. The molecule has 2 heterocycles. The van der Waals surface area contributed by atoms with Crippen LogP contribution in [0, 0.1) is 6.92 Å². The number of carbonyl (C=O) groups excluding carboxylic acids is 1. The highest BCUT2D eigenvalue weighted by Crippen LogP contribution is 2.22. The first-order valence-electron chi connectivity index (χ1n) is 5.02. The van der Waals surface area contributed by atoms with E-state index in [1.165, 1.54) is 11.3 Å². The van der Waals surface area contributed by atoms with Gasteiger partial charge in [-0.1, -0.05) is 12.2 Å². The minimum atomic E-state index is 0.0972. The van der Waals surface area contributed by atoms with Crippen LogP contribution in [0.5, 0.6) is 0 Å². The SMILES string of the molecule is Cc1ncsc1C(=O)N1C(C)C=CC1C. The molecule has 0 aromatic carbocycles. The molecule has 15 heavy (non-hydrogen) atoms. The van der Waals surface area contributed by atoms with Crippen molar-refractivity contribution < 1.29 is 4.79 Å². The van der Waals surface area contributed by atoms with Gasteiger partial charge in [0.2, 0.25) is 0 Å². The zero-order valence-electron chi connectivity index (χ0n) is 9.10. The van der Waals surface area contributed by atoms with E-state index in [4.69, 9.17) is 0 Å². The van der Waals surface area contributed by atoms with Crippen LogP contribution in [0.3, 0.4) is 0 Å². The summed E-state index contributed by atoms with van der Waals surface area (Å²) < 4.78 is 0. The van der Waals surface area contributed by atoms with Crippen molar-refractivity contribution in [1.29, 1.82) is 0 Å². The predicted molar refractivity (Wildman–Crippen MR) is 61.1 cm³/mol. The lowest BCUT2D eigenvalue weighted by molar-refractivity contribution is 0.0713. The fourth-order valence-electron chi connectivity index (χ4n) is 1.87. The summed E-state index contributed by atoms with van der Waals surface area (Å²) in [6.45, 7) is 5.95. The fraction of sp³-hybridized carbons (Fsp3) is 0.455. The number of rotatable bonds is 1. The van der Waals surface area contributed by atoms with Crippen LogP contribution in [-0.2, 0) is 0 Å². The first kappa shape index (κ1) is 10.4. The number of thiazole rings is 1. The number of carbonyl (C=O) groups is 1. The molecular weight excluding hydrogens is 208 g/mol. The molecule has 80 valence electrons. The fourth-order valence-corrected chi connectivity index (χ4v) is 2.62. The third kappa shape index (κ3) is 1.69. The standard InChI is InChI=1S/C11H14N2OS/c1-7-4-5-8(2)13(7)11(14)10-9(3)12-6-15-10/h4-8H,1-3H3. The molecule has 2 unspecified atom stereocenters. The Balaban J connectivity index is 2.26. The molecule has 0 aliphatic carbocycles. The minimum absolute atomic E-state index is 0.0972. The Morgan fingerprint density at radius 2 is 2.00 bits per heavy atom. The highest BCUT2D eigenvalue weighted by Gasteiger charge is 2.29. The van der Waals surface area contributed by atoms with Gasteiger partial charge in [-0.3, -0.25) is 4.79 Å². The quantitative estimate of drug-likeness (QED) is 0.683. The van der Waals surface area contributed by atoms with E-state index in [1.54, 1.807) is 5.51 Å². The normalized spacial score (nSPS) is 24.9. The van der Waals surface area contributed by atoms with Crippen LogP contribution >= 0.6 is 11.3 Å². The maximum absolute atomic E-state index is 12.2. The zero-order chi connectivity index (χ0) is 11.0. The maximum Gasteiger partial charge on any atom is 0.266 e. The third-order valence-electron chi connectivity index (χ3n) is 2.72. The molecule has 1 aliphatic heterocycles. The molecule has 1 aromatic heterocycles. The van der Waals surface area contributed by atoms with E-state index in [2.05, 4.69) is 17.1 Å². The van der Waals surface area contributed by atoms with Crippen LogP contribution in [0.2, 0.25) is 0 Å². The summed E-state index contributed by atoms with van der Waals surface area (Å²) in [6.07, 6.45) is 4.14. The van der Waals surface area contributed by atoms with E-state index >= 15 is 0 Å². The first-order chi connectivity index (χ1) is 7.11. The Hall–Kier alpha value is -1.16. The van der Waals surface area contributed by atoms with Crippen molar-refractivity contribution in [3.8, 4) is 0 Å². The van der Waals surface area contributed by atoms with E-state index in [0.717, 1.165) is 10.6 Å². The van der Waals surface area contributed by atoms with E-state index < -0.39 is 0 Å². The number of nitrogens with zero attached hydrogens (tertiary/aromatic N) is 2. The minimum Gasteiger partial charge on any atom is -0.326 e. The number of hydrogen-bond acceptors (Lipinski definition) is 3. The topological polar surface area (TPSA) is 33.2 Å². The van der Waals surface area contributed by atoms with Gasteiger partial charge in [0.15, 0.2) is 0 Å². The molecule has 1 aromatic rings. The Morgan fingerprint density at radius 3 is 2.47 bits per heavy atom. The van der Waals surface area contributed by atoms with Crippen LogP contribution in [-0.4, -0.2) is 27.9 Å². The van der Waals surface area contributed by atoms with Gasteiger partial charge >= 0.3 is 0 Å². The van der Waals surface area contributed by atoms with Gasteiger partial charge in [-0.05, 0) is 20.8 Å². The van der Waals surface area contributed by atoms with Gasteiger partial charge in [0.1, 0.15) is 4.88 Å². The number of aryl methyl sites for hydroxylation is 1. The first-order valence-corrected chi connectivity index (χ1v) is 5.90. The molecule has 4 heteroatoms. The molecule has 3 nitrogen and oxygen atoms in total. The molecule has 0 bridgehead atoms. The van der Waals surface area contributed by atoms with Crippen LogP contribution in [0.15, 0.2) is 17.7 Å². The van der Waals surface area contributed by atoms with E-state index in [9.17, 15) is 4.79 Å². The van der Waals surface area contributed by atoms with Crippen molar-refractivity contribution in [2.75, 3.05) is 0 Å². The van der Waals surface area contributed by atoms with Gasteiger partial charge in [-0.25, -0.2) is 4.98 Å². The molecule has 1 aliphatic rings. The lowest BCUT2D eigenvalue weighted by atomic mass is 10.2.